The molecule has 194 valence electrons. The Morgan fingerprint density at radius 3 is 2.54 bits per heavy atom. The molecular weight excluding hydrogens is 452 g/mol. The molecule has 0 saturated heterocycles. The van der Waals surface area contributed by atoms with Crippen LogP contribution in [-0.4, -0.2) is 67.5 Å². The number of benzene rings is 1. The lowest BCUT2D eigenvalue weighted by Gasteiger charge is -2.26. The van der Waals surface area contributed by atoms with Crippen molar-refractivity contribution in [1.29, 1.82) is 0 Å². The molecule has 3 atom stereocenters. The number of aliphatic carboxylic acids is 1. The third kappa shape index (κ3) is 10.4. The van der Waals surface area contributed by atoms with E-state index in [4.69, 9.17) is 15.2 Å². The van der Waals surface area contributed by atoms with Gasteiger partial charge in [-0.25, -0.2) is 9.59 Å². The molecule has 2 aliphatic heterocycles. The number of hydrogen-bond donors (Lipinski definition) is 5. The van der Waals surface area contributed by atoms with Crippen LogP contribution in [0.2, 0.25) is 0 Å². The normalized spacial score (nSPS) is 21.0. The Bertz CT molecular complexity index is 843. The molecular formula is C25H38N4O6. The standard InChI is InChI=1S/C25H38N4O6/c1-17(2)22-16-34-13-5-6-14-35-19-10-8-18(9-11-19)15-21(23(30)27-22)29-25(33)28-20(24(31)32)7-3-4-12-26/h5-6,8-11,17,20-22H,3-4,7,12-16,26H2,1-2H3,(H,27,30)(H,31,32)(H2,28,29,33)/b6-5-/t20-,21+,22+/m0/s1. The van der Waals surface area contributed by atoms with Crippen molar-refractivity contribution in [1.82, 2.24) is 16.0 Å². The van der Waals surface area contributed by atoms with Crippen LogP contribution in [0.3, 0.4) is 0 Å². The highest BCUT2D eigenvalue weighted by Crippen LogP contribution is 2.14. The average Bonchev–Trinajstić information content (AvgIpc) is 2.81. The number of nitrogens with one attached hydrogen (secondary N) is 3. The highest BCUT2D eigenvalue weighted by Gasteiger charge is 2.27. The van der Waals surface area contributed by atoms with E-state index in [1.54, 1.807) is 12.1 Å². The van der Waals surface area contributed by atoms with Gasteiger partial charge in [-0.05, 0) is 55.5 Å². The molecule has 0 radical (unpaired) electrons. The van der Waals surface area contributed by atoms with Gasteiger partial charge in [-0.2, -0.15) is 0 Å². The molecule has 0 unspecified atom stereocenters. The zero-order valence-corrected chi connectivity index (χ0v) is 20.5. The lowest BCUT2D eigenvalue weighted by Crippen LogP contribution is -2.56. The number of carbonyl (C=O) groups is 3. The van der Waals surface area contributed by atoms with Gasteiger partial charge in [-0.15, -0.1) is 0 Å². The highest BCUT2D eigenvalue weighted by molar-refractivity contribution is 5.89. The second-order valence-corrected chi connectivity index (χ2v) is 8.87. The molecule has 2 bridgehead atoms. The van der Waals surface area contributed by atoms with Crippen molar-refractivity contribution in [3.63, 3.8) is 0 Å². The van der Waals surface area contributed by atoms with E-state index in [1.165, 1.54) is 0 Å². The number of ether oxygens (including phenoxy) is 2. The minimum atomic E-state index is -1.14. The maximum Gasteiger partial charge on any atom is 0.326 e. The Hall–Kier alpha value is -3.11. The Kier molecular flexibility index (Phi) is 12.1. The third-order valence-electron chi connectivity index (χ3n) is 5.69. The van der Waals surface area contributed by atoms with E-state index < -0.39 is 24.1 Å². The number of amides is 3. The summed E-state index contributed by atoms with van der Waals surface area (Å²) in [5.74, 6) is -0.737. The predicted molar refractivity (Wildman–Crippen MR) is 132 cm³/mol. The van der Waals surface area contributed by atoms with Crippen LogP contribution < -0.4 is 26.4 Å². The summed E-state index contributed by atoms with van der Waals surface area (Å²) >= 11 is 0. The molecule has 0 saturated carbocycles. The van der Waals surface area contributed by atoms with Crippen LogP contribution in [0.25, 0.3) is 0 Å². The second kappa shape index (κ2) is 15.0. The van der Waals surface area contributed by atoms with E-state index in [1.807, 2.05) is 38.1 Å². The van der Waals surface area contributed by atoms with Crippen molar-refractivity contribution < 1.29 is 29.0 Å². The number of rotatable bonds is 8. The van der Waals surface area contributed by atoms with Gasteiger partial charge in [0.1, 0.15) is 24.4 Å². The van der Waals surface area contributed by atoms with E-state index >= 15 is 0 Å². The Morgan fingerprint density at radius 2 is 1.89 bits per heavy atom. The zero-order valence-electron chi connectivity index (χ0n) is 20.5. The summed E-state index contributed by atoms with van der Waals surface area (Å²) in [4.78, 5) is 37.5. The first-order valence-electron chi connectivity index (χ1n) is 12.0. The lowest BCUT2D eigenvalue weighted by molar-refractivity contribution is -0.139. The summed E-state index contributed by atoms with van der Waals surface area (Å²) in [5.41, 5.74) is 6.29. The molecule has 0 aliphatic carbocycles. The van der Waals surface area contributed by atoms with Crippen molar-refractivity contribution in [3.05, 3.63) is 42.0 Å². The second-order valence-electron chi connectivity index (χ2n) is 8.87. The fraction of sp³-hybridized carbons (Fsp3) is 0.560. The number of fused-ring (bicyclic) bond motifs is 12. The largest absolute Gasteiger partial charge is 0.490 e. The maximum atomic E-state index is 13.2. The Morgan fingerprint density at radius 1 is 1.17 bits per heavy atom. The molecule has 1 aromatic carbocycles. The quantitative estimate of drug-likeness (QED) is 0.274. The summed E-state index contributed by atoms with van der Waals surface area (Å²) in [5, 5.41) is 17.6. The number of unbranched alkanes of at least 4 members (excludes halogenated alkanes) is 1. The van der Waals surface area contributed by atoms with E-state index in [9.17, 15) is 19.5 Å². The molecule has 2 aliphatic rings. The van der Waals surface area contributed by atoms with Crippen LogP contribution in [0, 0.1) is 5.92 Å². The Labute approximate surface area is 206 Å². The van der Waals surface area contributed by atoms with E-state index in [0.29, 0.717) is 45.0 Å². The number of carboxylic acid groups (broad SMARTS) is 1. The molecule has 6 N–H and O–H groups in total. The number of carboxylic acids is 1. The van der Waals surface area contributed by atoms with E-state index in [-0.39, 0.29) is 30.7 Å². The van der Waals surface area contributed by atoms with Gasteiger partial charge >= 0.3 is 12.0 Å². The number of urea groups is 1. The van der Waals surface area contributed by atoms with Gasteiger partial charge in [-0.3, -0.25) is 4.79 Å². The third-order valence-corrected chi connectivity index (χ3v) is 5.69. The summed E-state index contributed by atoms with van der Waals surface area (Å²) in [7, 11) is 0. The van der Waals surface area contributed by atoms with Gasteiger partial charge < -0.3 is 36.3 Å². The smallest absolute Gasteiger partial charge is 0.326 e. The number of carbonyl (C=O) groups excluding carboxylic acids is 2. The molecule has 3 rings (SSSR count). The molecule has 0 spiro atoms. The summed E-state index contributed by atoms with van der Waals surface area (Å²) < 4.78 is 11.4. The minimum Gasteiger partial charge on any atom is -0.490 e. The molecule has 3 amide bonds. The Balaban J connectivity index is 2.18. The summed E-state index contributed by atoms with van der Waals surface area (Å²) in [6.45, 7) is 5.50. The van der Waals surface area contributed by atoms with Crippen LogP contribution in [0.5, 0.6) is 5.75 Å². The van der Waals surface area contributed by atoms with Crippen molar-refractivity contribution in [2.75, 3.05) is 26.4 Å². The highest BCUT2D eigenvalue weighted by atomic mass is 16.5. The topological polar surface area (TPSA) is 152 Å². The minimum absolute atomic E-state index is 0.0952. The van der Waals surface area contributed by atoms with E-state index in [2.05, 4.69) is 16.0 Å². The van der Waals surface area contributed by atoms with Gasteiger partial charge in [-0.1, -0.05) is 32.1 Å². The SMILES string of the molecule is CC(C)[C@H]1COC/C=C\COc2ccc(cc2)C[C@@H](NC(=O)N[C@@H](CCCCN)C(=O)O)C(=O)N1. The van der Waals surface area contributed by atoms with Crippen LogP contribution in [-0.2, 0) is 20.7 Å². The number of hydrogen-bond acceptors (Lipinski definition) is 6. The van der Waals surface area contributed by atoms with Crippen LogP contribution in [0.15, 0.2) is 36.4 Å². The molecule has 0 aromatic heterocycles. The van der Waals surface area contributed by atoms with Gasteiger partial charge in [0.2, 0.25) is 5.91 Å². The molecule has 10 heteroatoms. The lowest BCUT2D eigenvalue weighted by atomic mass is 10.0. The first-order chi connectivity index (χ1) is 16.8. The fourth-order valence-corrected chi connectivity index (χ4v) is 3.50. The van der Waals surface area contributed by atoms with Gasteiger partial charge in [0.15, 0.2) is 0 Å². The van der Waals surface area contributed by atoms with Crippen molar-refractivity contribution in [2.24, 2.45) is 11.7 Å². The van der Waals surface area contributed by atoms with Crippen LogP contribution >= 0.6 is 0 Å². The van der Waals surface area contributed by atoms with Gasteiger partial charge in [0.05, 0.1) is 19.3 Å². The molecule has 1 aromatic rings. The van der Waals surface area contributed by atoms with Crippen molar-refractivity contribution >= 4 is 17.9 Å². The van der Waals surface area contributed by atoms with E-state index in [0.717, 1.165) is 5.56 Å². The average molecular weight is 491 g/mol. The number of nitrogens with two attached hydrogens (primary N) is 1. The predicted octanol–water partition coefficient (Wildman–Crippen LogP) is 1.59. The summed E-state index contributed by atoms with van der Waals surface area (Å²) in [6, 6.07) is 4.29. The molecule has 2 heterocycles. The first kappa shape index (κ1) is 28.1. The van der Waals surface area contributed by atoms with Crippen molar-refractivity contribution in [2.45, 2.75) is 57.7 Å². The maximum absolute atomic E-state index is 13.2. The molecule has 0 fully saturated rings. The van der Waals surface area contributed by atoms with Crippen molar-refractivity contribution in [3.8, 4) is 5.75 Å². The molecule has 10 nitrogen and oxygen atoms in total. The van der Waals surface area contributed by atoms with Crippen LogP contribution in [0.4, 0.5) is 4.79 Å². The van der Waals surface area contributed by atoms with Gasteiger partial charge in [0, 0.05) is 6.42 Å². The van der Waals surface area contributed by atoms with Crippen LogP contribution in [0.1, 0.15) is 38.7 Å². The monoisotopic (exact) mass is 490 g/mol. The fourth-order valence-electron chi connectivity index (χ4n) is 3.50. The first-order valence-corrected chi connectivity index (χ1v) is 12.0. The zero-order chi connectivity index (χ0) is 25.6. The molecule has 35 heavy (non-hydrogen) atoms. The van der Waals surface area contributed by atoms with Gasteiger partial charge in [0.25, 0.3) is 0 Å². The summed E-state index contributed by atoms with van der Waals surface area (Å²) in [6.07, 6.45) is 5.43.